The van der Waals surface area contributed by atoms with Crippen LogP contribution in [0.1, 0.15) is 37.6 Å². The van der Waals surface area contributed by atoms with Crippen LogP contribution in [0.2, 0.25) is 5.02 Å². The second kappa shape index (κ2) is 8.24. The van der Waals surface area contributed by atoms with Crippen molar-refractivity contribution in [3.05, 3.63) is 22.7 Å². The minimum Gasteiger partial charge on any atom is -0.489 e. The normalized spacial score (nSPS) is 14.7. The molecule has 6 nitrogen and oxygen atoms in total. The van der Waals surface area contributed by atoms with Gasteiger partial charge in [0.15, 0.2) is 18.1 Å². The van der Waals surface area contributed by atoms with Crippen LogP contribution in [0.4, 0.5) is 0 Å². The van der Waals surface area contributed by atoms with Gasteiger partial charge >= 0.3 is 5.97 Å². The van der Waals surface area contributed by atoms with Crippen LogP contribution in [0.15, 0.2) is 12.1 Å². The Bertz CT molecular complexity index is 617. The van der Waals surface area contributed by atoms with Gasteiger partial charge in [0.05, 0.1) is 23.8 Å². The summed E-state index contributed by atoms with van der Waals surface area (Å²) in [4.78, 5) is 23.9. The molecule has 1 unspecified atom stereocenters. The molecule has 7 heteroatoms. The van der Waals surface area contributed by atoms with Crippen LogP contribution in [0, 0.1) is 5.92 Å². The van der Waals surface area contributed by atoms with Crippen LogP contribution in [0.3, 0.4) is 0 Å². The zero-order valence-electron chi connectivity index (χ0n) is 14.1. The standard InChI is InChI=1S/C17H22ClNO5/c1-10(2)11(3)19-15(20)9-24-17(21)12-7-13(18)16-14(8-12)22-5-4-6-23-16/h7-8,10-11H,4-6,9H2,1-3H3,(H,19,20). The predicted octanol–water partition coefficient (Wildman–Crippen LogP) is 2.82. The minimum absolute atomic E-state index is 0.00342. The lowest BCUT2D eigenvalue weighted by Crippen LogP contribution is -2.38. The molecule has 1 atom stereocenters. The molecule has 0 radical (unpaired) electrons. The first kappa shape index (κ1) is 18.4. The Balaban J connectivity index is 1.99. The topological polar surface area (TPSA) is 73.9 Å². The van der Waals surface area contributed by atoms with Crippen molar-refractivity contribution in [3.8, 4) is 11.5 Å². The molecular weight excluding hydrogens is 334 g/mol. The summed E-state index contributed by atoms with van der Waals surface area (Å²) < 4.78 is 16.1. The molecule has 132 valence electrons. The van der Waals surface area contributed by atoms with Gasteiger partial charge in [-0.3, -0.25) is 4.79 Å². The van der Waals surface area contributed by atoms with Crippen LogP contribution < -0.4 is 14.8 Å². The number of rotatable bonds is 5. The Morgan fingerprint density at radius 2 is 1.96 bits per heavy atom. The fraction of sp³-hybridized carbons (Fsp3) is 0.529. The molecule has 0 aromatic heterocycles. The molecule has 0 fully saturated rings. The fourth-order valence-corrected chi connectivity index (χ4v) is 2.29. The predicted molar refractivity (Wildman–Crippen MR) is 89.8 cm³/mol. The molecule has 1 heterocycles. The van der Waals surface area contributed by atoms with Gasteiger partial charge in [-0.05, 0) is 25.0 Å². The molecule has 0 saturated heterocycles. The molecule has 1 aromatic carbocycles. The zero-order valence-corrected chi connectivity index (χ0v) is 14.8. The summed E-state index contributed by atoms with van der Waals surface area (Å²) in [6.45, 7) is 6.53. The van der Waals surface area contributed by atoms with Crippen LogP contribution >= 0.6 is 11.6 Å². The van der Waals surface area contributed by atoms with Crippen LogP contribution in [0.5, 0.6) is 11.5 Å². The highest BCUT2D eigenvalue weighted by Crippen LogP contribution is 2.38. The lowest BCUT2D eigenvalue weighted by molar-refractivity contribution is -0.125. The monoisotopic (exact) mass is 355 g/mol. The van der Waals surface area contributed by atoms with Gasteiger partial charge in [-0.1, -0.05) is 25.4 Å². The summed E-state index contributed by atoms with van der Waals surface area (Å²) in [6.07, 6.45) is 0.735. The molecule has 1 aliphatic heterocycles. The summed E-state index contributed by atoms with van der Waals surface area (Å²) >= 11 is 6.14. The van der Waals surface area contributed by atoms with Crippen LogP contribution in [-0.2, 0) is 9.53 Å². The SMILES string of the molecule is CC(C)C(C)NC(=O)COC(=O)c1cc(Cl)c2c(c1)OCCCO2. The Kier molecular flexibility index (Phi) is 6.31. The number of carbonyl (C=O) groups excluding carboxylic acids is 2. The summed E-state index contributed by atoms with van der Waals surface area (Å²) in [7, 11) is 0. The molecule has 2 rings (SSSR count). The number of esters is 1. The molecular formula is C17H22ClNO5. The van der Waals surface area contributed by atoms with Gasteiger partial charge in [-0.2, -0.15) is 0 Å². The first-order chi connectivity index (χ1) is 11.4. The van der Waals surface area contributed by atoms with Crippen LogP contribution in [-0.4, -0.2) is 37.7 Å². The lowest BCUT2D eigenvalue weighted by atomic mass is 10.1. The first-order valence-corrected chi connectivity index (χ1v) is 8.32. The van der Waals surface area contributed by atoms with E-state index in [0.717, 1.165) is 6.42 Å². The number of fused-ring (bicyclic) bond motifs is 1. The minimum atomic E-state index is -0.639. The Labute approximate surface area is 146 Å². The van der Waals surface area contributed by atoms with Gasteiger partial charge in [0.2, 0.25) is 0 Å². The number of hydrogen-bond donors (Lipinski definition) is 1. The van der Waals surface area contributed by atoms with E-state index in [1.165, 1.54) is 12.1 Å². The quantitative estimate of drug-likeness (QED) is 0.822. The van der Waals surface area contributed by atoms with E-state index in [9.17, 15) is 9.59 Å². The molecule has 0 saturated carbocycles. The van der Waals surface area contributed by atoms with Crippen molar-refractivity contribution in [1.82, 2.24) is 5.32 Å². The van der Waals surface area contributed by atoms with Crippen molar-refractivity contribution in [2.75, 3.05) is 19.8 Å². The highest BCUT2D eigenvalue weighted by molar-refractivity contribution is 6.32. The number of ether oxygens (including phenoxy) is 3. The van der Waals surface area contributed by atoms with Crippen molar-refractivity contribution in [1.29, 1.82) is 0 Å². The molecule has 1 aromatic rings. The second-order valence-electron chi connectivity index (χ2n) is 6.01. The summed E-state index contributed by atoms with van der Waals surface area (Å²) in [6, 6.07) is 2.97. The third-order valence-electron chi connectivity index (χ3n) is 3.76. The average molecular weight is 356 g/mol. The highest BCUT2D eigenvalue weighted by Gasteiger charge is 2.20. The van der Waals surface area contributed by atoms with Gasteiger partial charge in [-0.15, -0.1) is 0 Å². The van der Waals surface area contributed by atoms with E-state index in [2.05, 4.69) is 5.32 Å². The van der Waals surface area contributed by atoms with Gasteiger partial charge in [0, 0.05) is 12.5 Å². The molecule has 1 N–H and O–H groups in total. The smallest absolute Gasteiger partial charge is 0.338 e. The third kappa shape index (κ3) is 4.77. The van der Waals surface area contributed by atoms with Crippen LogP contribution in [0.25, 0.3) is 0 Å². The maximum Gasteiger partial charge on any atom is 0.338 e. The maximum absolute atomic E-state index is 12.1. The van der Waals surface area contributed by atoms with Crippen molar-refractivity contribution < 1.29 is 23.8 Å². The Morgan fingerprint density at radius 1 is 1.25 bits per heavy atom. The highest BCUT2D eigenvalue weighted by atomic mass is 35.5. The summed E-state index contributed by atoms with van der Waals surface area (Å²) in [5.74, 6) is 0.147. The fourth-order valence-electron chi connectivity index (χ4n) is 2.03. The molecule has 0 aliphatic carbocycles. The largest absolute Gasteiger partial charge is 0.489 e. The Hall–Kier alpha value is -1.95. The van der Waals surface area contributed by atoms with Gasteiger partial charge in [-0.25, -0.2) is 4.79 Å². The van der Waals surface area contributed by atoms with E-state index in [4.69, 9.17) is 25.8 Å². The van der Waals surface area contributed by atoms with E-state index >= 15 is 0 Å². The van der Waals surface area contributed by atoms with Crippen molar-refractivity contribution in [2.45, 2.75) is 33.2 Å². The van der Waals surface area contributed by atoms with E-state index in [-0.39, 0.29) is 29.1 Å². The maximum atomic E-state index is 12.1. The molecule has 24 heavy (non-hydrogen) atoms. The van der Waals surface area contributed by atoms with E-state index in [0.29, 0.717) is 30.6 Å². The van der Waals surface area contributed by atoms with E-state index in [1.54, 1.807) is 0 Å². The summed E-state index contributed by atoms with van der Waals surface area (Å²) in [5.41, 5.74) is 0.217. The number of nitrogens with one attached hydrogen (secondary N) is 1. The van der Waals surface area contributed by atoms with Gasteiger partial charge < -0.3 is 19.5 Å². The van der Waals surface area contributed by atoms with Crippen molar-refractivity contribution in [2.24, 2.45) is 5.92 Å². The number of carbonyl (C=O) groups is 2. The summed E-state index contributed by atoms with van der Waals surface area (Å²) in [5, 5.41) is 3.05. The average Bonchev–Trinajstić information content (AvgIpc) is 2.78. The molecule has 1 amide bonds. The zero-order chi connectivity index (χ0) is 17.7. The van der Waals surface area contributed by atoms with E-state index < -0.39 is 5.97 Å². The van der Waals surface area contributed by atoms with Gasteiger partial charge in [0.25, 0.3) is 5.91 Å². The van der Waals surface area contributed by atoms with Crippen molar-refractivity contribution in [3.63, 3.8) is 0 Å². The number of halogens is 1. The molecule has 0 bridgehead atoms. The number of benzene rings is 1. The number of amides is 1. The molecule has 0 spiro atoms. The Morgan fingerprint density at radius 3 is 2.67 bits per heavy atom. The van der Waals surface area contributed by atoms with Gasteiger partial charge in [0.1, 0.15) is 0 Å². The van der Waals surface area contributed by atoms with E-state index in [1.807, 2.05) is 20.8 Å². The molecule has 1 aliphatic rings. The third-order valence-corrected chi connectivity index (χ3v) is 4.04. The second-order valence-corrected chi connectivity index (χ2v) is 6.42. The number of hydrogen-bond acceptors (Lipinski definition) is 5. The first-order valence-electron chi connectivity index (χ1n) is 7.94. The van der Waals surface area contributed by atoms with Crippen molar-refractivity contribution >= 4 is 23.5 Å². The lowest BCUT2D eigenvalue weighted by Gasteiger charge is -2.17.